The Balaban J connectivity index is 1.44. The van der Waals surface area contributed by atoms with Gasteiger partial charge in [0.05, 0.1) is 11.5 Å². The molecule has 0 spiro atoms. The third-order valence-corrected chi connectivity index (χ3v) is 8.76. The average molecular weight is 589 g/mol. The zero-order chi connectivity index (χ0) is 31.2. The van der Waals surface area contributed by atoms with Gasteiger partial charge in [0.2, 0.25) is 6.79 Å². The van der Waals surface area contributed by atoms with Crippen LogP contribution in [0.1, 0.15) is 94.3 Å². The molecule has 8 nitrogen and oxygen atoms in total. The SMILES string of the molecule is CCC(C)(C)c1ccc(OCCCCN(Cc2ccc3c(c2)OCO3)C(=O)c2ccc([N+](=O)[O-])cc2)c(C(C)(C)CC)c1. The quantitative estimate of drug-likeness (QED) is 0.107. The fourth-order valence-corrected chi connectivity index (χ4v) is 5.01. The molecule has 43 heavy (non-hydrogen) atoms. The van der Waals surface area contributed by atoms with E-state index in [1.54, 1.807) is 4.90 Å². The monoisotopic (exact) mass is 588 g/mol. The largest absolute Gasteiger partial charge is 0.493 e. The molecule has 0 bridgehead atoms. The van der Waals surface area contributed by atoms with E-state index in [9.17, 15) is 14.9 Å². The number of non-ortho nitro benzene ring substituents is 1. The maximum atomic E-state index is 13.5. The van der Waals surface area contributed by atoms with Gasteiger partial charge in [-0.15, -0.1) is 0 Å². The van der Waals surface area contributed by atoms with E-state index in [2.05, 4.69) is 59.7 Å². The molecule has 1 amide bonds. The average Bonchev–Trinajstić information content (AvgIpc) is 3.48. The minimum atomic E-state index is -0.468. The van der Waals surface area contributed by atoms with Crippen molar-refractivity contribution in [3.05, 3.63) is 93.0 Å². The van der Waals surface area contributed by atoms with Crippen molar-refractivity contribution < 1.29 is 23.9 Å². The van der Waals surface area contributed by atoms with Crippen molar-refractivity contribution in [3.63, 3.8) is 0 Å². The molecule has 1 aliphatic rings. The highest BCUT2D eigenvalue weighted by Crippen LogP contribution is 2.38. The first kappa shape index (κ1) is 31.9. The highest BCUT2D eigenvalue weighted by Gasteiger charge is 2.27. The van der Waals surface area contributed by atoms with Crippen molar-refractivity contribution >= 4 is 11.6 Å². The Morgan fingerprint density at radius 3 is 2.28 bits per heavy atom. The van der Waals surface area contributed by atoms with Crippen molar-refractivity contribution in [2.45, 2.75) is 84.6 Å². The second kappa shape index (κ2) is 13.5. The molecule has 0 radical (unpaired) electrons. The molecule has 1 aliphatic heterocycles. The van der Waals surface area contributed by atoms with Crippen LogP contribution in [0.15, 0.2) is 60.7 Å². The summed E-state index contributed by atoms with van der Waals surface area (Å²) in [4.78, 5) is 25.9. The number of amides is 1. The van der Waals surface area contributed by atoms with Crippen molar-refractivity contribution in [1.82, 2.24) is 4.90 Å². The summed E-state index contributed by atoms with van der Waals surface area (Å²) in [6.07, 6.45) is 3.55. The summed E-state index contributed by atoms with van der Waals surface area (Å²) in [7, 11) is 0. The van der Waals surface area contributed by atoms with Gasteiger partial charge in [0.1, 0.15) is 5.75 Å². The summed E-state index contributed by atoms with van der Waals surface area (Å²) in [5, 5.41) is 11.1. The zero-order valence-electron chi connectivity index (χ0n) is 26.3. The molecule has 0 aliphatic carbocycles. The molecule has 0 saturated heterocycles. The Morgan fingerprint density at radius 2 is 1.60 bits per heavy atom. The highest BCUT2D eigenvalue weighted by atomic mass is 16.7. The Hall–Kier alpha value is -4.07. The summed E-state index contributed by atoms with van der Waals surface area (Å²) >= 11 is 0. The number of rotatable bonds is 14. The van der Waals surface area contributed by atoms with E-state index >= 15 is 0 Å². The van der Waals surface area contributed by atoms with Gasteiger partial charge in [0.25, 0.3) is 11.6 Å². The van der Waals surface area contributed by atoms with Gasteiger partial charge in [-0.25, -0.2) is 0 Å². The topological polar surface area (TPSA) is 91.1 Å². The van der Waals surface area contributed by atoms with Crippen LogP contribution < -0.4 is 14.2 Å². The number of hydrogen-bond acceptors (Lipinski definition) is 6. The van der Waals surface area contributed by atoms with Gasteiger partial charge < -0.3 is 19.1 Å². The lowest BCUT2D eigenvalue weighted by molar-refractivity contribution is -0.384. The Kier molecular flexibility index (Phi) is 9.99. The van der Waals surface area contributed by atoms with E-state index in [-0.39, 0.29) is 29.2 Å². The Bertz CT molecular complexity index is 1430. The van der Waals surface area contributed by atoms with Crippen LogP contribution in [-0.4, -0.2) is 35.7 Å². The van der Waals surface area contributed by atoms with Crippen LogP contribution in [-0.2, 0) is 17.4 Å². The maximum absolute atomic E-state index is 13.5. The minimum Gasteiger partial charge on any atom is -0.493 e. The van der Waals surface area contributed by atoms with Gasteiger partial charge in [0, 0.05) is 36.3 Å². The molecule has 0 fully saturated rings. The second-order valence-electron chi connectivity index (χ2n) is 12.5. The lowest BCUT2D eigenvalue weighted by Crippen LogP contribution is -2.31. The predicted molar refractivity (Wildman–Crippen MR) is 168 cm³/mol. The zero-order valence-corrected chi connectivity index (χ0v) is 26.3. The van der Waals surface area contributed by atoms with Crippen LogP contribution in [0.4, 0.5) is 5.69 Å². The van der Waals surface area contributed by atoms with Gasteiger partial charge in [-0.05, 0) is 78.0 Å². The molecule has 0 aromatic heterocycles. The lowest BCUT2D eigenvalue weighted by Gasteiger charge is -2.30. The second-order valence-corrected chi connectivity index (χ2v) is 12.5. The smallest absolute Gasteiger partial charge is 0.269 e. The fraction of sp³-hybridized carbons (Fsp3) is 0.457. The predicted octanol–water partition coefficient (Wildman–Crippen LogP) is 8.20. The molecule has 4 rings (SSSR count). The Morgan fingerprint density at radius 1 is 0.907 bits per heavy atom. The summed E-state index contributed by atoms with van der Waals surface area (Å²) in [6, 6.07) is 18.0. The standard InChI is InChI=1S/C35H44N2O6/c1-7-34(3,4)27-14-18-30(29(22-27)35(5,6)8-2)41-20-10-9-19-36(23-25-11-17-31-32(21-25)43-24-42-31)33(38)26-12-15-28(16-13-26)37(39)40/h11-18,21-22H,7-10,19-20,23-24H2,1-6H3. The van der Waals surface area contributed by atoms with E-state index < -0.39 is 4.92 Å². The molecular formula is C35H44N2O6. The van der Waals surface area contributed by atoms with Crippen molar-refractivity contribution in [2.75, 3.05) is 19.9 Å². The van der Waals surface area contributed by atoms with Crippen LogP contribution in [0.3, 0.4) is 0 Å². The molecule has 8 heteroatoms. The van der Waals surface area contributed by atoms with Crippen molar-refractivity contribution in [1.29, 1.82) is 0 Å². The van der Waals surface area contributed by atoms with Crippen LogP contribution >= 0.6 is 0 Å². The molecule has 0 atom stereocenters. The van der Waals surface area contributed by atoms with E-state index in [0.717, 1.165) is 37.0 Å². The molecule has 0 saturated carbocycles. The molecule has 3 aromatic rings. The van der Waals surface area contributed by atoms with Crippen LogP contribution in [0.25, 0.3) is 0 Å². The third kappa shape index (κ3) is 7.66. The first-order chi connectivity index (χ1) is 20.4. The molecule has 0 N–H and O–H groups in total. The number of benzene rings is 3. The first-order valence-electron chi connectivity index (χ1n) is 15.1. The number of hydrogen-bond donors (Lipinski definition) is 0. The maximum Gasteiger partial charge on any atom is 0.269 e. The molecule has 230 valence electrons. The fourth-order valence-electron chi connectivity index (χ4n) is 5.01. The first-order valence-corrected chi connectivity index (χ1v) is 15.1. The van der Waals surface area contributed by atoms with E-state index in [1.165, 1.54) is 35.4 Å². The summed E-state index contributed by atoms with van der Waals surface area (Å²) < 4.78 is 17.3. The third-order valence-electron chi connectivity index (χ3n) is 8.76. The number of ether oxygens (including phenoxy) is 3. The number of nitro groups is 1. The Labute approximate surface area is 255 Å². The number of nitrogens with zero attached hydrogens (tertiary/aromatic N) is 2. The van der Waals surface area contributed by atoms with Crippen LogP contribution in [0, 0.1) is 10.1 Å². The number of unbranched alkanes of at least 4 members (excludes halogenated alkanes) is 1. The van der Waals surface area contributed by atoms with E-state index in [0.29, 0.717) is 36.8 Å². The van der Waals surface area contributed by atoms with Gasteiger partial charge in [-0.2, -0.15) is 0 Å². The molecule has 1 heterocycles. The highest BCUT2D eigenvalue weighted by molar-refractivity contribution is 5.94. The number of carbonyl (C=O) groups excluding carboxylic acids is 1. The number of fused-ring (bicyclic) bond motifs is 1. The lowest BCUT2D eigenvalue weighted by atomic mass is 9.76. The van der Waals surface area contributed by atoms with Crippen molar-refractivity contribution in [3.8, 4) is 17.2 Å². The van der Waals surface area contributed by atoms with E-state index in [4.69, 9.17) is 14.2 Å². The molecule has 0 unspecified atom stereocenters. The summed E-state index contributed by atoms with van der Waals surface area (Å²) in [5.41, 5.74) is 3.90. The molecule has 3 aromatic carbocycles. The van der Waals surface area contributed by atoms with Gasteiger partial charge in [-0.3, -0.25) is 14.9 Å². The molecular weight excluding hydrogens is 544 g/mol. The van der Waals surface area contributed by atoms with Gasteiger partial charge in [0.15, 0.2) is 11.5 Å². The van der Waals surface area contributed by atoms with Crippen LogP contribution in [0.2, 0.25) is 0 Å². The summed E-state index contributed by atoms with van der Waals surface area (Å²) in [6.45, 7) is 15.1. The normalized spacial score (nSPS) is 12.7. The minimum absolute atomic E-state index is 0.0201. The summed E-state index contributed by atoms with van der Waals surface area (Å²) in [5.74, 6) is 2.08. The van der Waals surface area contributed by atoms with Gasteiger partial charge in [-0.1, -0.05) is 59.7 Å². The van der Waals surface area contributed by atoms with E-state index in [1.807, 2.05) is 18.2 Å². The number of nitro benzene ring substituents is 1. The van der Waals surface area contributed by atoms with Gasteiger partial charge >= 0.3 is 0 Å². The van der Waals surface area contributed by atoms with Crippen molar-refractivity contribution in [2.24, 2.45) is 0 Å². The van der Waals surface area contributed by atoms with Crippen LogP contribution in [0.5, 0.6) is 17.2 Å². The number of carbonyl (C=O) groups is 1.